The zero-order chi connectivity index (χ0) is 13.3. The van der Waals surface area contributed by atoms with Crippen LogP contribution >= 0.6 is 0 Å². The monoisotopic (exact) mass is 248 g/mol. The lowest BCUT2D eigenvalue weighted by Crippen LogP contribution is -2.12. The third-order valence-corrected chi connectivity index (χ3v) is 3.25. The Bertz CT molecular complexity index is 464. The van der Waals surface area contributed by atoms with Crippen molar-refractivity contribution < 1.29 is 19.7 Å². The van der Waals surface area contributed by atoms with E-state index in [-0.39, 0.29) is 25.0 Å². The Morgan fingerprint density at radius 1 is 1.22 bits per heavy atom. The maximum atomic E-state index is 11.4. The summed E-state index contributed by atoms with van der Waals surface area (Å²) in [7, 11) is 0. The zero-order valence-electron chi connectivity index (χ0n) is 10.2. The largest absolute Gasteiger partial charge is 0.423 e. The van der Waals surface area contributed by atoms with Gasteiger partial charge in [0.05, 0.1) is 13.2 Å². The topological polar surface area (TPSA) is 66.8 Å². The van der Waals surface area contributed by atoms with Gasteiger partial charge in [0.15, 0.2) is 0 Å². The number of aliphatic hydroxyl groups is 2. The van der Waals surface area contributed by atoms with Crippen molar-refractivity contribution in [2.75, 3.05) is 13.2 Å². The summed E-state index contributed by atoms with van der Waals surface area (Å²) in [6, 6.07) is 5.36. The highest BCUT2D eigenvalue weighted by Crippen LogP contribution is 2.42. The maximum Gasteiger partial charge on any atom is 0.338 e. The van der Waals surface area contributed by atoms with Crippen LogP contribution in [-0.4, -0.2) is 29.4 Å². The SMILES string of the molecule is C=C(C)C(=O)Oc1cc2cc(c1)C(CO)C2CO. The van der Waals surface area contributed by atoms with Crippen molar-refractivity contribution in [1.29, 1.82) is 0 Å². The minimum absolute atomic E-state index is 0.0351. The van der Waals surface area contributed by atoms with Crippen LogP contribution in [-0.2, 0) is 4.79 Å². The molecular formula is C14H16O4. The average molecular weight is 248 g/mol. The van der Waals surface area contributed by atoms with E-state index in [1.54, 1.807) is 19.1 Å². The Kier molecular flexibility index (Phi) is 3.50. The van der Waals surface area contributed by atoms with Crippen LogP contribution in [0.3, 0.4) is 0 Å². The van der Waals surface area contributed by atoms with Gasteiger partial charge < -0.3 is 14.9 Å². The highest BCUT2D eigenvalue weighted by atomic mass is 16.5. The Hall–Kier alpha value is -1.65. The van der Waals surface area contributed by atoms with Crippen molar-refractivity contribution in [1.82, 2.24) is 0 Å². The second-order valence-corrected chi connectivity index (χ2v) is 4.58. The molecule has 2 unspecified atom stereocenters. The Morgan fingerprint density at radius 3 is 2.11 bits per heavy atom. The van der Waals surface area contributed by atoms with E-state index in [1.807, 2.05) is 6.07 Å². The molecular weight excluding hydrogens is 232 g/mol. The number of hydrogen-bond donors (Lipinski definition) is 2. The van der Waals surface area contributed by atoms with Crippen molar-refractivity contribution >= 4 is 5.97 Å². The third kappa shape index (κ3) is 2.17. The van der Waals surface area contributed by atoms with E-state index >= 15 is 0 Å². The highest BCUT2D eigenvalue weighted by molar-refractivity contribution is 5.88. The number of ether oxygens (including phenoxy) is 1. The number of rotatable bonds is 4. The number of carbonyl (C=O) groups is 1. The van der Waals surface area contributed by atoms with Gasteiger partial charge in [0, 0.05) is 17.4 Å². The molecule has 0 saturated heterocycles. The van der Waals surface area contributed by atoms with E-state index < -0.39 is 5.97 Å². The van der Waals surface area contributed by atoms with Crippen LogP contribution < -0.4 is 4.74 Å². The fourth-order valence-electron chi connectivity index (χ4n) is 2.26. The molecule has 0 saturated carbocycles. The van der Waals surface area contributed by atoms with E-state index in [0.29, 0.717) is 11.3 Å². The van der Waals surface area contributed by atoms with Gasteiger partial charge in [0.25, 0.3) is 0 Å². The van der Waals surface area contributed by atoms with E-state index in [9.17, 15) is 15.0 Å². The molecule has 1 aromatic rings. The summed E-state index contributed by atoms with van der Waals surface area (Å²) in [5.74, 6) is -0.282. The van der Waals surface area contributed by atoms with Crippen molar-refractivity contribution in [3.8, 4) is 5.75 Å². The van der Waals surface area contributed by atoms with Crippen LogP contribution in [0.25, 0.3) is 0 Å². The summed E-state index contributed by atoms with van der Waals surface area (Å²) in [6.07, 6.45) is 0. The van der Waals surface area contributed by atoms with Crippen molar-refractivity contribution in [2.24, 2.45) is 0 Å². The highest BCUT2D eigenvalue weighted by Gasteiger charge is 2.31. The molecule has 0 aromatic heterocycles. The van der Waals surface area contributed by atoms with Crippen molar-refractivity contribution in [2.45, 2.75) is 18.8 Å². The Balaban J connectivity index is 2.27. The van der Waals surface area contributed by atoms with Crippen LogP contribution in [0, 0.1) is 0 Å². The molecule has 4 heteroatoms. The van der Waals surface area contributed by atoms with Gasteiger partial charge in [0.1, 0.15) is 5.75 Å². The van der Waals surface area contributed by atoms with Gasteiger partial charge in [-0.15, -0.1) is 0 Å². The van der Waals surface area contributed by atoms with Gasteiger partial charge in [-0.25, -0.2) is 4.79 Å². The number of esters is 1. The standard InChI is InChI=1S/C14H16O4/c1-8(2)14(17)18-11-4-9-3-10(5-11)13(7-16)12(9)6-15/h3-5,12-13,15-16H,1,6-7H2,2H3. The summed E-state index contributed by atoms with van der Waals surface area (Å²) in [6.45, 7) is 5.03. The summed E-state index contributed by atoms with van der Waals surface area (Å²) >= 11 is 0. The minimum Gasteiger partial charge on any atom is -0.423 e. The van der Waals surface area contributed by atoms with Crippen molar-refractivity contribution in [3.63, 3.8) is 0 Å². The van der Waals surface area contributed by atoms with E-state index in [0.717, 1.165) is 11.1 Å². The third-order valence-electron chi connectivity index (χ3n) is 3.25. The Labute approximate surface area is 106 Å². The summed E-state index contributed by atoms with van der Waals surface area (Å²) in [5, 5.41) is 18.7. The number of hydrogen-bond acceptors (Lipinski definition) is 4. The minimum atomic E-state index is -0.471. The lowest BCUT2D eigenvalue weighted by Gasteiger charge is -2.15. The molecule has 2 rings (SSSR count). The molecule has 0 aliphatic heterocycles. The molecule has 2 bridgehead atoms. The van der Waals surface area contributed by atoms with Crippen LogP contribution in [0.4, 0.5) is 0 Å². The van der Waals surface area contributed by atoms with Crippen LogP contribution in [0.5, 0.6) is 5.75 Å². The van der Waals surface area contributed by atoms with Gasteiger partial charge >= 0.3 is 5.97 Å². The molecule has 18 heavy (non-hydrogen) atoms. The van der Waals surface area contributed by atoms with Crippen LogP contribution in [0.15, 0.2) is 30.4 Å². The molecule has 4 nitrogen and oxygen atoms in total. The van der Waals surface area contributed by atoms with E-state index in [4.69, 9.17) is 4.74 Å². The summed E-state index contributed by atoms with van der Waals surface area (Å²) < 4.78 is 5.16. The van der Waals surface area contributed by atoms with Gasteiger partial charge in [-0.3, -0.25) is 0 Å². The van der Waals surface area contributed by atoms with Gasteiger partial charge in [-0.05, 0) is 30.2 Å². The summed E-state index contributed by atoms with van der Waals surface area (Å²) in [4.78, 5) is 11.4. The first-order chi connectivity index (χ1) is 8.56. The van der Waals surface area contributed by atoms with Gasteiger partial charge in [0.2, 0.25) is 0 Å². The normalized spacial score (nSPS) is 20.8. The molecule has 1 aromatic carbocycles. The quantitative estimate of drug-likeness (QED) is 0.479. The predicted octanol–water partition coefficient (Wildman–Crippen LogP) is 1.33. The summed E-state index contributed by atoms with van der Waals surface area (Å²) in [5.41, 5.74) is 2.11. The first kappa shape index (κ1) is 12.8. The Morgan fingerprint density at radius 2 is 1.72 bits per heavy atom. The average Bonchev–Trinajstić information content (AvgIpc) is 2.59. The number of carbonyl (C=O) groups excluding carboxylic acids is 1. The molecule has 96 valence electrons. The molecule has 0 radical (unpaired) electrons. The molecule has 0 amide bonds. The molecule has 0 spiro atoms. The number of aliphatic hydroxyl groups excluding tert-OH is 2. The zero-order valence-corrected chi connectivity index (χ0v) is 10.2. The van der Waals surface area contributed by atoms with Gasteiger partial charge in [-0.1, -0.05) is 12.6 Å². The number of benzene rings is 1. The molecule has 1 aliphatic rings. The molecule has 0 heterocycles. The second kappa shape index (κ2) is 4.92. The van der Waals surface area contributed by atoms with Gasteiger partial charge in [-0.2, -0.15) is 0 Å². The lowest BCUT2D eigenvalue weighted by atomic mass is 9.93. The molecule has 2 N–H and O–H groups in total. The molecule has 1 aliphatic carbocycles. The maximum absolute atomic E-state index is 11.4. The van der Waals surface area contributed by atoms with E-state index in [1.165, 1.54) is 0 Å². The molecule has 2 atom stereocenters. The molecule has 0 fully saturated rings. The van der Waals surface area contributed by atoms with Crippen LogP contribution in [0.2, 0.25) is 0 Å². The van der Waals surface area contributed by atoms with E-state index in [2.05, 4.69) is 6.58 Å². The fraction of sp³-hybridized carbons (Fsp3) is 0.357. The van der Waals surface area contributed by atoms with Crippen LogP contribution in [0.1, 0.15) is 29.9 Å². The van der Waals surface area contributed by atoms with Crippen molar-refractivity contribution in [3.05, 3.63) is 41.5 Å². The number of fused-ring (bicyclic) bond motifs is 2. The second-order valence-electron chi connectivity index (χ2n) is 4.58. The first-order valence-electron chi connectivity index (χ1n) is 5.81. The fourth-order valence-corrected chi connectivity index (χ4v) is 2.26. The predicted molar refractivity (Wildman–Crippen MR) is 66.5 cm³/mol. The smallest absolute Gasteiger partial charge is 0.338 e. The first-order valence-corrected chi connectivity index (χ1v) is 5.81. The lowest BCUT2D eigenvalue weighted by molar-refractivity contribution is -0.130.